The van der Waals surface area contributed by atoms with Gasteiger partial charge in [-0.3, -0.25) is 14.9 Å². The van der Waals surface area contributed by atoms with Crippen LogP contribution >= 0.6 is 0 Å². The van der Waals surface area contributed by atoms with Gasteiger partial charge >= 0.3 is 0 Å². The first-order valence-corrected chi connectivity index (χ1v) is 7.93. The number of ether oxygens (including phenoxy) is 1. The number of non-ortho nitro benzene ring substituents is 1. The Hall–Kier alpha value is -2.31. The third-order valence-corrected chi connectivity index (χ3v) is 4.15. The van der Waals surface area contributed by atoms with Gasteiger partial charge < -0.3 is 15.4 Å². The van der Waals surface area contributed by atoms with Crippen LogP contribution < -0.4 is 15.4 Å². The number of benzene rings is 1. The molecule has 0 radical (unpaired) electrons. The van der Waals surface area contributed by atoms with Gasteiger partial charge in [-0.15, -0.1) is 0 Å². The van der Waals surface area contributed by atoms with Gasteiger partial charge in [0, 0.05) is 18.7 Å². The van der Waals surface area contributed by atoms with Crippen LogP contribution in [0.15, 0.2) is 18.2 Å². The standard InChI is InChI=1S/C16H23N3O4/c1-23-15-8-7-13(19(21)22)9-14(15)17-11-16(20)18-10-12-5-3-2-4-6-12/h7-9,12,17H,2-6,10-11H2,1H3,(H,18,20). The van der Waals surface area contributed by atoms with Crippen molar-refractivity contribution in [3.8, 4) is 5.75 Å². The van der Waals surface area contributed by atoms with E-state index in [1.54, 1.807) is 0 Å². The molecule has 1 aliphatic carbocycles. The molecule has 2 N–H and O–H groups in total. The molecule has 0 spiro atoms. The topological polar surface area (TPSA) is 93.5 Å². The first-order valence-electron chi connectivity index (χ1n) is 7.93. The number of anilines is 1. The molecule has 1 aliphatic rings. The average molecular weight is 321 g/mol. The molecule has 0 unspecified atom stereocenters. The van der Waals surface area contributed by atoms with Crippen molar-refractivity contribution in [2.24, 2.45) is 5.92 Å². The van der Waals surface area contributed by atoms with Crippen molar-refractivity contribution in [2.45, 2.75) is 32.1 Å². The van der Waals surface area contributed by atoms with E-state index in [0.717, 1.165) is 0 Å². The van der Waals surface area contributed by atoms with Gasteiger partial charge in [0.1, 0.15) is 5.75 Å². The SMILES string of the molecule is COc1ccc([N+](=O)[O-])cc1NCC(=O)NCC1CCCCC1. The summed E-state index contributed by atoms with van der Waals surface area (Å²) in [5.41, 5.74) is 0.394. The van der Waals surface area contributed by atoms with E-state index in [1.807, 2.05) is 0 Å². The minimum absolute atomic E-state index is 0.0455. The lowest BCUT2D eigenvalue weighted by Gasteiger charge is -2.21. The van der Waals surface area contributed by atoms with Crippen LogP contribution in [0.5, 0.6) is 5.75 Å². The maximum atomic E-state index is 11.9. The number of methoxy groups -OCH3 is 1. The Morgan fingerprint density at radius 1 is 1.35 bits per heavy atom. The maximum absolute atomic E-state index is 11.9. The molecule has 1 amide bonds. The maximum Gasteiger partial charge on any atom is 0.271 e. The average Bonchev–Trinajstić information content (AvgIpc) is 2.58. The van der Waals surface area contributed by atoms with Gasteiger partial charge in [0.15, 0.2) is 0 Å². The van der Waals surface area contributed by atoms with E-state index in [1.165, 1.54) is 57.4 Å². The van der Waals surface area contributed by atoms with Crippen LogP contribution in [0.1, 0.15) is 32.1 Å². The molecule has 7 nitrogen and oxygen atoms in total. The van der Waals surface area contributed by atoms with E-state index < -0.39 is 4.92 Å². The first kappa shape index (κ1) is 17.1. The van der Waals surface area contributed by atoms with Gasteiger partial charge in [0.2, 0.25) is 5.91 Å². The molecule has 7 heteroatoms. The number of carbonyl (C=O) groups excluding carboxylic acids is 1. The summed E-state index contributed by atoms with van der Waals surface area (Å²) in [6.45, 7) is 0.761. The quantitative estimate of drug-likeness (QED) is 0.595. The zero-order chi connectivity index (χ0) is 16.7. The van der Waals surface area contributed by atoms with Crippen molar-refractivity contribution in [1.82, 2.24) is 5.32 Å². The molecule has 23 heavy (non-hydrogen) atoms. The van der Waals surface area contributed by atoms with Crippen molar-refractivity contribution in [1.29, 1.82) is 0 Å². The number of hydrogen-bond donors (Lipinski definition) is 2. The van der Waals surface area contributed by atoms with E-state index in [9.17, 15) is 14.9 Å². The number of nitro benzene ring substituents is 1. The molecule has 1 aromatic rings. The second-order valence-corrected chi connectivity index (χ2v) is 5.80. The van der Waals surface area contributed by atoms with Crippen molar-refractivity contribution < 1.29 is 14.5 Å². The molecule has 0 heterocycles. The van der Waals surface area contributed by atoms with E-state index >= 15 is 0 Å². The third kappa shape index (κ3) is 5.12. The minimum Gasteiger partial charge on any atom is -0.495 e. The monoisotopic (exact) mass is 321 g/mol. The number of hydrogen-bond acceptors (Lipinski definition) is 5. The number of nitrogens with zero attached hydrogens (tertiary/aromatic N) is 1. The Morgan fingerprint density at radius 3 is 2.74 bits per heavy atom. The van der Waals surface area contributed by atoms with Crippen LogP contribution in [0.2, 0.25) is 0 Å². The number of amides is 1. The van der Waals surface area contributed by atoms with Crippen LogP contribution in [0.3, 0.4) is 0 Å². The molecule has 1 aromatic carbocycles. The van der Waals surface area contributed by atoms with Gasteiger partial charge in [-0.25, -0.2) is 0 Å². The lowest BCUT2D eigenvalue weighted by Crippen LogP contribution is -2.34. The molecule has 0 aromatic heterocycles. The molecule has 0 bridgehead atoms. The highest BCUT2D eigenvalue weighted by Gasteiger charge is 2.15. The van der Waals surface area contributed by atoms with E-state index in [0.29, 0.717) is 23.9 Å². The Bertz CT molecular complexity index is 556. The Kier molecular flexibility index (Phi) is 6.19. The van der Waals surface area contributed by atoms with Crippen molar-refractivity contribution in [2.75, 3.05) is 25.5 Å². The molecule has 0 atom stereocenters. The molecular formula is C16H23N3O4. The van der Waals surface area contributed by atoms with Crippen LogP contribution in [0.4, 0.5) is 11.4 Å². The summed E-state index contributed by atoms with van der Waals surface area (Å²) in [7, 11) is 1.48. The van der Waals surface area contributed by atoms with Crippen LogP contribution in [-0.4, -0.2) is 31.0 Å². The fourth-order valence-corrected chi connectivity index (χ4v) is 2.84. The van der Waals surface area contributed by atoms with Gasteiger partial charge in [0.05, 0.1) is 24.3 Å². The van der Waals surface area contributed by atoms with Crippen molar-refractivity contribution >= 4 is 17.3 Å². The predicted molar refractivity (Wildman–Crippen MR) is 87.7 cm³/mol. The zero-order valence-corrected chi connectivity index (χ0v) is 13.3. The summed E-state index contributed by atoms with van der Waals surface area (Å²) in [6, 6.07) is 4.25. The van der Waals surface area contributed by atoms with E-state index in [2.05, 4.69) is 10.6 Å². The summed E-state index contributed by atoms with van der Waals surface area (Å²) in [6.07, 6.45) is 6.12. The fourth-order valence-electron chi connectivity index (χ4n) is 2.84. The number of rotatable bonds is 7. The summed E-state index contributed by atoms with van der Waals surface area (Å²) in [5.74, 6) is 0.917. The highest BCUT2D eigenvalue weighted by molar-refractivity contribution is 5.81. The molecule has 126 valence electrons. The Balaban J connectivity index is 1.85. The largest absolute Gasteiger partial charge is 0.495 e. The Morgan fingerprint density at radius 2 is 2.09 bits per heavy atom. The highest BCUT2D eigenvalue weighted by atomic mass is 16.6. The smallest absolute Gasteiger partial charge is 0.271 e. The van der Waals surface area contributed by atoms with Crippen molar-refractivity contribution in [3.63, 3.8) is 0 Å². The summed E-state index contributed by atoms with van der Waals surface area (Å²) >= 11 is 0. The summed E-state index contributed by atoms with van der Waals surface area (Å²) in [4.78, 5) is 22.3. The third-order valence-electron chi connectivity index (χ3n) is 4.15. The highest BCUT2D eigenvalue weighted by Crippen LogP contribution is 2.28. The van der Waals surface area contributed by atoms with Gasteiger partial charge in [0.25, 0.3) is 5.69 Å². The second kappa shape index (κ2) is 8.36. The normalized spacial score (nSPS) is 15.0. The molecule has 0 saturated heterocycles. The van der Waals surface area contributed by atoms with Gasteiger partial charge in [-0.2, -0.15) is 0 Å². The number of nitro groups is 1. The second-order valence-electron chi connectivity index (χ2n) is 5.80. The zero-order valence-electron chi connectivity index (χ0n) is 13.3. The van der Waals surface area contributed by atoms with E-state index in [-0.39, 0.29) is 18.1 Å². The van der Waals surface area contributed by atoms with Crippen LogP contribution in [0.25, 0.3) is 0 Å². The predicted octanol–water partition coefficient (Wildman–Crippen LogP) is 2.71. The first-order chi connectivity index (χ1) is 11.1. The Labute approximate surface area is 135 Å². The lowest BCUT2D eigenvalue weighted by molar-refractivity contribution is -0.384. The van der Waals surface area contributed by atoms with Gasteiger partial charge in [-0.1, -0.05) is 19.3 Å². The van der Waals surface area contributed by atoms with E-state index in [4.69, 9.17) is 4.74 Å². The summed E-state index contributed by atoms with van der Waals surface area (Å²) in [5, 5.41) is 16.7. The van der Waals surface area contributed by atoms with Crippen LogP contribution in [0, 0.1) is 16.0 Å². The molecular weight excluding hydrogens is 298 g/mol. The van der Waals surface area contributed by atoms with Crippen LogP contribution in [-0.2, 0) is 4.79 Å². The minimum atomic E-state index is -0.478. The fraction of sp³-hybridized carbons (Fsp3) is 0.562. The van der Waals surface area contributed by atoms with Crippen molar-refractivity contribution in [3.05, 3.63) is 28.3 Å². The molecule has 2 rings (SSSR count). The molecule has 0 aliphatic heterocycles. The van der Waals surface area contributed by atoms with Gasteiger partial charge in [-0.05, 0) is 24.8 Å². The molecule has 1 fully saturated rings. The molecule has 1 saturated carbocycles. The number of nitrogens with one attached hydrogen (secondary N) is 2. The number of carbonyl (C=O) groups is 1. The lowest BCUT2D eigenvalue weighted by atomic mass is 9.89. The summed E-state index contributed by atoms with van der Waals surface area (Å²) < 4.78 is 5.15.